The van der Waals surface area contributed by atoms with Gasteiger partial charge in [-0.1, -0.05) is 19.4 Å². The van der Waals surface area contributed by atoms with Gasteiger partial charge in [-0.15, -0.1) is 0 Å². The molecule has 1 rings (SSSR count). The number of hydrogen-bond acceptors (Lipinski definition) is 3. The maximum absolute atomic E-state index is 5.55. The summed E-state index contributed by atoms with van der Waals surface area (Å²) in [5.74, 6) is 0. The van der Waals surface area contributed by atoms with Gasteiger partial charge in [-0.05, 0) is 31.5 Å². The molecule has 3 nitrogen and oxygen atoms in total. The normalized spacial score (nSPS) is 14.8. The third-order valence-electron chi connectivity index (χ3n) is 2.81. The van der Waals surface area contributed by atoms with Crippen molar-refractivity contribution in [2.24, 2.45) is 0 Å². The van der Waals surface area contributed by atoms with Crippen LogP contribution in [0.1, 0.15) is 36.9 Å². The van der Waals surface area contributed by atoms with Crippen LogP contribution in [0.5, 0.6) is 0 Å². The molecule has 0 spiro atoms. The molecule has 0 aliphatic carbocycles. The van der Waals surface area contributed by atoms with E-state index in [2.05, 4.69) is 30.2 Å². The molecule has 0 fully saturated rings. The molecule has 16 heavy (non-hydrogen) atoms. The molecule has 0 saturated heterocycles. The highest BCUT2D eigenvalue weighted by Crippen LogP contribution is 2.21. The maximum atomic E-state index is 5.55. The van der Waals surface area contributed by atoms with E-state index in [1.165, 1.54) is 11.1 Å². The van der Waals surface area contributed by atoms with Crippen molar-refractivity contribution in [3.63, 3.8) is 0 Å². The van der Waals surface area contributed by atoms with Gasteiger partial charge in [0.25, 0.3) is 0 Å². The van der Waals surface area contributed by atoms with Crippen LogP contribution in [-0.4, -0.2) is 25.2 Å². The van der Waals surface area contributed by atoms with Gasteiger partial charge in [0.1, 0.15) is 0 Å². The fraction of sp³-hybridized carbons (Fsp3) is 0.615. The minimum absolute atomic E-state index is 0.207. The highest BCUT2D eigenvalue weighted by molar-refractivity contribution is 5.21. The molecule has 2 atom stereocenters. The number of hydrogen-bond donors (Lipinski definition) is 1. The number of likely N-dealkylation sites (N-methyl/N-ethyl adjacent to an activating group) is 1. The predicted molar refractivity (Wildman–Crippen MR) is 66.5 cm³/mol. The van der Waals surface area contributed by atoms with Gasteiger partial charge in [0, 0.05) is 19.5 Å². The fourth-order valence-electron chi connectivity index (χ4n) is 2.02. The van der Waals surface area contributed by atoms with Crippen LogP contribution in [0.2, 0.25) is 0 Å². The van der Waals surface area contributed by atoms with Crippen LogP contribution in [0.3, 0.4) is 0 Å². The van der Waals surface area contributed by atoms with Crippen molar-refractivity contribution in [2.75, 3.05) is 14.2 Å². The Kier molecular flexibility index (Phi) is 5.43. The van der Waals surface area contributed by atoms with Crippen molar-refractivity contribution < 1.29 is 4.74 Å². The van der Waals surface area contributed by atoms with E-state index in [9.17, 15) is 0 Å². The molecule has 1 heterocycles. The van der Waals surface area contributed by atoms with Gasteiger partial charge in [-0.2, -0.15) is 0 Å². The van der Waals surface area contributed by atoms with Crippen molar-refractivity contribution in [3.05, 3.63) is 29.6 Å². The lowest BCUT2D eigenvalue weighted by molar-refractivity contribution is 0.0629. The van der Waals surface area contributed by atoms with Crippen LogP contribution in [-0.2, 0) is 4.74 Å². The molecule has 1 aromatic rings. The highest BCUT2D eigenvalue weighted by Gasteiger charge is 2.20. The molecule has 0 amide bonds. The standard InChI is InChI=1S/C13H22N2O/c1-5-6-12(16-4)13(14-3)11-7-10(2)8-15-9-11/h7-9,12-14H,5-6H2,1-4H3. The van der Waals surface area contributed by atoms with E-state index in [1.807, 2.05) is 19.4 Å². The zero-order valence-electron chi connectivity index (χ0n) is 10.7. The van der Waals surface area contributed by atoms with Crippen LogP contribution in [0, 0.1) is 6.92 Å². The van der Waals surface area contributed by atoms with Gasteiger partial charge in [-0.3, -0.25) is 4.98 Å². The Morgan fingerprint density at radius 3 is 2.69 bits per heavy atom. The lowest BCUT2D eigenvalue weighted by Gasteiger charge is -2.25. The molecule has 0 radical (unpaired) electrons. The first-order valence-electron chi connectivity index (χ1n) is 5.84. The summed E-state index contributed by atoms with van der Waals surface area (Å²) >= 11 is 0. The molecule has 90 valence electrons. The van der Waals surface area contributed by atoms with Gasteiger partial charge in [-0.25, -0.2) is 0 Å². The largest absolute Gasteiger partial charge is 0.379 e. The average molecular weight is 222 g/mol. The highest BCUT2D eigenvalue weighted by atomic mass is 16.5. The number of nitrogens with one attached hydrogen (secondary N) is 1. The predicted octanol–water partition coefficient (Wildman–Crippen LogP) is 2.47. The Hall–Kier alpha value is -0.930. The van der Waals surface area contributed by atoms with Crippen LogP contribution >= 0.6 is 0 Å². The molecule has 3 heteroatoms. The molecular weight excluding hydrogens is 200 g/mol. The summed E-state index contributed by atoms with van der Waals surface area (Å²) in [5, 5.41) is 3.32. The molecule has 2 unspecified atom stereocenters. The summed E-state index contributed by atoms with van der Waals surface area (Å²) in [4.78, 5) is 4.23. The molecule has 1 aromatic heterocycles. The topological polar surface area (TPSA) is 34.1 Å². The first-order valence-corrected chi connectivity index (χ1v) is 5.84. The number of pyridine rings is 1. The number of methoxy groups -OCH3 is 1. The summed E-state index contributed by atoms with van der Waals surface area (Å²) < 4.78 is 5.55. The second-order valence-electron chi connectivity index (χ2n) is 4.12. The van der Waals surface area contributed by atoms with Gasteiger partial charge >= 0.3 is 0 Å². The summed E-state index contributed by atoms with van der Waals surface area (Å²) in [6.07, 6.45) is 6.16. The van der Waals surface area contributed by atoms with Gasteiger partial charge in [0.15, 0.2) is 0 Å². The Morgan fingerprint density at radius 1 is 1.44 bits per heavy atom. The van der Waals surface area contributed by atoms with Crippen LogP contribution in [0.25, 0.3) is 0 Å². The summed E-state index contributed by atoms with van der Waals surface area (Å²) in [6, 6.07) is 2.38. The van der Waals surface area contributed by atoms with Crippen LogP contribution < -0.4 is 5.32 Å². The van der Waals surface area contributed by atoms with Crippen molar-refractivity contribution in [1.82, 2.24) is 10.3 Å². The van der Waals surface area contributed by atoms with E-state index < -0.39 is 0 Å². The fourth-order valence-corrected chi connectivity index (χ4v) is 2.02. The first kappa shape index (κ1) is 13.1. The Bertz CT molecular complexity index is 315. The van der Waals surface area contributed by atoms with E-state index in [1.54, 1.807) is 7.11 Å². The molecule has 0 aliphatic heterocycles. The monoisotopic (exact) mass is 222 g/mol. The Labute approximate surface area is 98.2 Å². The van der Waals surface area contributed by atoms with Crippen molar-refractivity contribution in [1.29, 1.82) is 0 Å². The lowest BCUT2D eigenvalue weighted by Crippen LogP contribution is -2.31. The van der Waals surface area contributed by atoms with Crippen LogP contribution in [0.4, 0.5) is 0 Å². The smallest absolute Gasteiger partial charge is 0.0766 e. The summed E-state index contributed by atoms with van der Waals surface area (Å²) in [5.41, 5.74) is 2.38. The molecule has 0 bridgehead atoms. The van der Waals surface area contributed by atoms with E-state index >= 15 is 0 Å². The lowest BCUT2D eigenvalue weighted by atomic mass is 9.99. The van der Waals surface area contributed by atoms with Gasteiger partial charge in [0.05, 0.1) is 12.1 Å². The molecular formula is C13H22N2O. The van der Waals surface area contributed by atoms with Gasteiger partial charge < -0.3 is 10.1 Å². The molecule has 1 N–H and O–H groups in total. The molecule has 0 aliphatic rings. The van der Waals surface area contributed by atoms with Crippen LogP contribution in [0.15, 0.2) is 18.5 Å². The number of aromatic nitrogens is 1. The number of nitrogens with zero attached hydrogens (tertiary/aromatic N) is 1. The van der Waals surface area contributed by atoms with E-state index in [-0.39, 0.29) is 12.1 Å². The minimum Gasteiger partial charge on any atom is -0.379 e. The third kappa shape index (κ3) is 3.29. The van der Waals surface area contributed by atoms with Crippen molar-refractivity contribution >= 4 is 0 Å². The Morgan fingerprint density at radius 2 is 2.19 bits per heavy atom. The molecule has 0 saturated carbocycles. The number of rotatable bonds is 6. The average Bonchev–Trinajstić information content (AvgIpc) is 2.29. The van der Waals surface area contributed by atoms with E-state index in [4.69, 9.17) is 4.74 Å². The Balaban J connectivity index is 2.87. The molecule has 0 aromatic carbocycles. The van der Waals surface area contributed by atoms with E-state index in [0.717, 1.165) is 12.8 Å². The quantitative estimate of drug-likeness (QED) is 0.803. The summed E-state index contributed by atoms with van der Waals surface area (Å²) in [6.45, 7) is 4.23. The number of aryl methyl sites for hydroxylation is 1. The summed E-state index contributed by atoms with van der Waals surface area (Å²) in [7, 11) is 3.74. The second-order valence-corrected chi connectivity index (χ2v) is 4.12. The maximum Gasteiger partial charge on any atom is 0.0766 e. The second kappa shape index (κ2) is 6.61. The third-order valence-corrected chi connectivity index (χ3v) is 2.81. The van der Waals surface area contributed by atoms with Gasteiger partial charge in [0.2, 0.25) is 0 Å². The minimum atomic E-state index is 0.207. The van der Waals surface area contributed by atoms with Crippen molar-refractivity contribution in [3.8, 4) is 0 Å². The first-order chi connectivity index (χ1) is 7.72. The number of ether oxygens (including phenoxy) is 1. The zero-order chi connectivity index (χ0) is 12.0. The van der Waals surface area contributed by atoms with Crippen molar-refractivity contribution in [2.45, 2.75) is 38.8 Å². The zero-order valence-corrected chi connectivity index (χ0v) is 10.7. The SMILES string of the molecule is CCCC(OC)C(NC)c1cncc(C)c1. The van der Waals surface area contributed by atoms with E-state index in [0.29, 0.717) is 0 Å².